The highest BCUT2D eigenvalue weighted by Crippen LogP contribution is 2.21. The summed E-state index contributed by atoms with van der Waals surface area (Å²) in [5, 5.41) is 0. The van der Waals surface area contributed by atoms with E-state index in [0.717, 1.165) is 0 Å². The molecular formula is C11H12F3. The van der Waals surface area contributed by atoms with Crippen molar-refractivity contribution in [3.8, 4) is 0 Å². The highest BCUT2D eigenvalue weighted by Gasteiger charge is 2.09. The number of hydrogen-bond donors (Lipinski definition) is 0. The summed E-state index contributed by atoms with van der Waals surface area (Å²) >= 11 is 0. The van der Waals surface area contributed by atoms with Gasteiger partial charge < -0.3 is 0 Å². The van der Waals surface area contributed by atoms with E-state index in [1.165, 1.54) is 12.1 Å². The van der Waals surface area contributed by atoms with E-state index in [0.29, 0.717) is 28.7 Å². The SMILES string of the molecule is [CH2]Cc1c(CF)cc(CF)cc1CF. The number of halogens is 3. The van der Waals surface area contributed by atoms with Gasteiger partial charge in [-0.25, -0.2) is 13.2 Å². The molecule has 0 aliphatic rings. The van der Waals surface area contributed by atoms with Gasteiger partial charge in [-0.1, -0.05) is 12.1 Å². The summed E-state index contributed by atoms with van der Waals surface area (Å²) in [5.74, 6) is 0. The Morgan fingerprint density at radius 2 is 1.43 bits per heavy atom. The largest absolute Gasteiger partial charge is 0.246 e. The molecule has 0 amide bonds. The molecule has 14 heavy (non-hydrogen) atoms. The van der Waals surface area contributed by atoms with Crippen LogP contribution in [0.1, 0.15) is 22.3 Å². The van der Waals surface area contributed by atoms with Crippen LogP contribution >= 0.6 is 0 Å². The van der Waals surface area contributed by atoms with Crippen LogP contribution in [-0.2, 0) is 26.4 Å². The zero-order valence-electron chi connectivity index (χ0n) is 7.82. The maximum absolute atomic E-state index is 12.5. The first-order chi connectivity index (χ1) is 6.76. The van der Waals surface area contributed by atoms with Crippen LogP contribution in [0.15, 0.2) is 12.1 Å². The number of hydrogen-bond acceptors (Lipinski definition) is 0. The van der Waals surface area contributed by atoms with Crippen molar-refractivity contribution in [2.75, 3.05) is 0 Å². The van der Waals surface area contributed by atoms with Crippen molar-refractivity contribution in [2.45, 2.75) is 26.4 Å². The second kappa shape index (κ2) is 5.03. The van der Waals surface area contributed by atoms with Gasteiger partial charge in [0, 0.05) is 0 Å². The molecule has 0 aromatic heterocycles. The van der Waals surface area contributed by atoms with Crippen LogP contribution < -0.4 is 0 Å². The van der Waals surface area contributed by atoms with Gasteiger partial charge in [-0.05, 0) is 35.6 Å². The summed E-state index contributed by atoms with van der Waals surface area (Å²) < 4.78 is 37.4. The van der Waals surface area contributed by atoms with Gasteiger partial charge in [0.05, 0.1) is 0 Å². The number of rotatable bonds is 4. The molecule has 0 unspecified atom stereocenters. The van der Waals surface area contributed by atoms with Crippen molar-refractivity contribution in [2.24, 2.45) is 0 Å². The summed E-state index contributed by atoms with van der Waals surface area (Å²) in [6, 6.07) is 2.86. The van der Waals surface area contributed by atoms with E-state index >= 15 is 0 Å². The molecule has 0 bridgehead atoms. The van der Waals surface area contributed by atoms with Crippen LogP contribution in [0.25, 0.3) is 0 Å². The van der Waals surface area contributed by atoms with Crippen molar-refractivity contribution in [3.05, 3.63) is 41.3 Å². The van der Waals surface area contributed by atoms with Gasteiger partial charge in [0.1, 0.15) is 20.0 Å². The average Bonchev–Trinajstić information content (AvgIpc) is 2.26. The number of benzene rings is 1. The minimum atomic E-state index is -0.703. The molecule has 3 heteroatoms. The molecule has 0 nitrogen and oxygen atoms in total. The summed E-state index contributed by atoms with van der Waals surface area (Å²) in [5.41, 5.74) is 1.58. The van der Waals surface area contributed by atoms with Crippen LogP contribution in [-0.4, -0.2) is 0 Å². The van der Waals surface area contributed by atoms with Gasteiger partial charge in [-0.15, -0.1) is 0 Å². The smallest absolute Gasteiger partial charge is 0.115 e. The highest BCUT2D eigenvalue weighted by atomic mass is 19.1. The fourth-order valence-electron chi connectivity index (χ4n) is 1.51. The zero-order valence-corrected chi connectivity index (χ0v) is 7.82. The molecule has 0 heterocycles. The topological polar surface area (TPSA) is 0 Å². The van der Waals surface area contributed by atoms with Gasteiger partial charge in [-0.2, -0.15) is 0 Å². The summed E-state index contributed by atoms with van der Waals surface area (Å²) in [6.45, 7) is 1.50. The first-order valence-electron chi connectivity index (χ1n) is 4.37. The van der Waals surface area contributed by atoms with Gasteiger partial charge in [-0.3, -0.25) is 0 Å². The van der Waals surface area contributed by atoms with Crippen molar-refractivity contribution >= 4 is 0 Å². The predicted molar refractivity (Wildman–Crippen MR) is 49.9 cm³/mol. The lowest BCUT2D eigenvalue weighted by atomic mass is 9.97. The molecule has 77 valence electrons. The Kier molecular flexibility index (Phi) is 3.98. The third kappa shape index (κ3) is 2.08. The minimum Gasteiger partial charge on any atom is -0.246 e. The zero-order chi connectivity index (χ0) is 10.6. The van der Waals surface area contributed by atoms with Gasteiger partial charge >= 0.3 is 0 Å². The molecule has 1 aromatic rings. The first-order valence-corrected chi connectivity index (χ1v) is 4.37. The summed E-state index contributed by atoms with van der Waals surface area (Å²) in [4.78, 5) is 0. The van der Waals surface area contributed by atoms with E-state index in [-0.39, 0.29) is 0 Å². The Labute approximate surface area is 81.8 Å². The lowest BCUT2D eigenvalue weighted by Gasteiger charge is -2.10. The maximum Gasteiger partial charge on any atom is 0.115 e. The monoisotopic (exact) mass is 201 g/mol. The molecule has 0 N–H and O–H groups in total. The molecule has 0 fully saturated rings. The Morgan fingerprint density at radius 1 is 0.929 bits per heavy atom. The molecular weight excluding hydrogens is 189 g/mol. The Hall–Kier alpha value is -0.990. The maximum atomic E-state index is 12.5. The second-order valence-corrected chi connectivity index (χ2v) is 3.04. The van der Waals surface area contributed by atoms with E-state index in [1.807, 2.05) is 0 Å². The molecule has 0 saturated carbocycles. The summed E-state index contributed by atoms with van der Waals surface area (Å²) in [7, 11) is 0. The quantitative estimate of drug-likeness (QED) is 0.699. The number of alkyl halides is 3. The molecule has 0 aliphatic heterocycles. The van der Waals surface area contributed by atoms with E-state index < -0.39 is 20.0 Å². The Bertz CT molecular complexity index is 282. The second-order valence-electron chi connectivity index (χ2n) is 3.04. The third-order valence-corrected chi connectivity index (χ3v) is 2.19. The van der Waals surface area contributed by atoms with E-state index in [9.17, 15) is 13.2 Å². The van der Waals surface area contributed by atoms with Crippen molar-refractivity contribution in [1.29, 1.82) is 0 Å². The molecule has 0 saturated heterocycles. The molecule has 0 aliphatic carbocycles. The van der Waals surface area contributed by atoms with Gasteiger partial charge in [0.15, 0.2) is 0 Å². The van der Waals surface area contributed by atoms with E-state index in [2.05, 4.69) is 6.92 Å². The lowest BCUT2D eigenvalue weighted by molar-refractivity contribution is 0.461. The van der Waals surface area contributed by atoms with Crippen LogP contribution in [0.4, 0.5) is 13.2 Å². The molecule has 0 spiro atoms. The van der Waals surface area contributed by atoms with Crippen LogP contribution in [0.5, 0.6) is 0 Å². The van der Waals surface area contributed by atoms with Crippen molar-refractivity contribution in [1.82, 2.24) is 0 Å². The van der Waals surface area contributed by atoms with Crippen molar-refractivity contribution < 1.29 is 13.2 Å². The van der Waals surface area contributed by atoms with Crippen LogP contribution in [0.2, 0.25) is 0 Å². The van der Waals surface area contributed by atoms with Crippen molar-refractivity contribution in [3.63, 3.8) is 0 Å². The normalized spacial score (nSPS) is 10.6. The standard InChI is InChI=1S/C11H12F3/c1-2-11-9(6-13)3-8(5-12)4-10(11)7-14/h3-4H,1-2,5-7H2. The fourth-order valence-corrected chi connectivity index (χ4v) is 1.51. The van der Waals surface area contributed by atoms with Crippen LogP contribution in [0, 0.1) is 6.92 Å². The van der Waals surface area contributed by atoms with E-state index in [4.69, 9.17) is 0 Å². The van der Waals surface area contributed by atoms with Gasteiger partial charge in [0.25, 0.3) is 0 Å². The summed E-state index contributed by atoms with van der Waals surface area (Å²) in [6.07, 6.45) is 0.324. The minimum absolute atomic E-state index is 0.322. The highest BCUT2D eigenvalue weighted by molar-refractivity contribution is 5.39. The molecule has 0 atom stereocenters. The first kappa shape index (κ1) is 11.1. The van der Waals surface area contributed by atoms with Gasteiger partial charge in [0.2, 0.25) is 0 Å². The average molecular weight is 201 g/mol. The van der Waals surface area contributed by atoms with Crippen LogP contribution in [0.3, 0.4) is 0 Å². The fraction of sp³-hybridized carbons (Fsp3) is 0.364. The Morgan fingerprint density at radius 3 is 1.71 bits per heavy atom. The lowest BCUT2D eigenvalue weighted by Crippen LogP contribution is -1.99. The molecule has 1 aromatic carbocycles. The van der Waals surface area contributed by atoms with E-state index in [1.54, 1.807) is 0 Å². The predicted octanol–water partition coefficient (Wildman–Crippen LogP) is 3.47. The Balaban J connectivity index is 3.24. The third-order valence-electron chi connectivity index (χ3n) is 2.19. The molecule has 1 radical (unpaired) electrons. The molecule has 1 rings (SSSR count).